The summed E-state index contributed by atoms with van der Waals surface area (Å²) in [6.07, 6.45) is 1.80. The third kappa shape index (κ3) is 10.8. The van der Waals surface area contributed by atoms with Gasteiger partial charge < -0.3 is 9.70 Å². The molecule has 0 aliphatic heterocycles. The van der Waals surface area contributed by atoms with Gasteiger partial charge in [-0.1, -0.05) is 0 Å². The van der Waals surface area contributed by atoms with Gasteiger partial charge in [0.1, 0.15) is 0 Å². The first kappa shape index (κ1) is 16.3. The molecule has 0 aliphatic rings. The van der Waals surface area contributed by atoms with Gasteiger partial charge in [0.2, 0.25) is 30.4 Å². The molecular formula is C3H9AlO9S3. The summed E-state index contributed by atoms with van der Waals surface area (Å²) in [6, 6.07) is 0. The molecule has 0 saturated carbocycles. The fourth-order valence-electron chi connectivity index (χ4n) is 0.476. The van der Waals surface area contributed by atoms with E-state index in [0.29, 0.717) is 18.8 Å². The number of hydrogen-bond acceptors (Lipinski definition) is 9. The Bertz CT molecular complexity index is 446. The SMILES string of the molecule is CS(=O)(=O)[O][Al]([O]S(C)(=O)=O)[O]S(C)(=O)=O. The molecule has 0 heterocycles. The van der Waals surface area contributed by atoms with Crippen molar-refractivity contribution in [1.29, 1.82) is 0 Å². The van der Waals surface area contributed by atoms with Crippen molar-refractivity contribution in [2.75, 3.05) is 18.8 Å². The Hall–Kier alpha value is 0.262. The van der Waals surface area contributed by atoms with Crippen molar-refractivity contribution in [3.05, 3.63) is 0 Å². The lowest BCUT2D eigenvalue weighted by atomic mass is 12.0. The summed E-state index contributed by atoms with van der Waals surface area (Å²) >= 11 is -3.87. The van der Waals surface area contributed by atoms with Gasteiger partial charge in [-0.15, -0.1) is 0 Å². The van der Waals surface area contributed by atoms with Gasteiger partial charge in [-0.2, -0.15) is 0 Å². The second-order valence-corrected chi connectivity index (χ2v) is 9.80. The van der Waals surface area contributed by atoms with Crippen LogP contribution in [0.25, 0.3) is 0 Å². The van der Waals surface area contributed by atoms with E-state index in [-0.39, 0.29) is 0 Å². The van der Waals surface area contributed by atoms with Crippen LogP contribution in [0.1, 0.15) is 0 Å². The topological polar surface area (TPSA) is 130 Å². The average Bonchev–Trinajstić information content (AvgIpc) is 1.70. The molecule has 0 amide bonds. The largest absolute Gasteiger partial charge is 0.951 e. The quantitative estimate of drug-likeness (QED) is 0.506. The standard InChI is InChI=1S/3CH4O3S.Al/c3*1-5(2,3)4;/h3*1H3,(H,2,3,4);/q;;;+3/p-3. The second kappa shape index (κ2) is 5.27. The molecule has 16 heavy (non-hydrogen) atoms. The minimum absolute atomic E-state index is 0.601. The van der Waals surface area contributed by atoms with Crippen LogP contribution >= 0.6 is 0 Å². The minimum atomic E-state index is -4.09. The maximum atomic E-state index is 10.7. The first-order chi connectivity index (χ1) is 6.79. The van der Waals surface area contributed by atoms with Gasteiger partial charge in [0, 0.05) is 0 Å². The van der Waals surface area contributed by atoms with Crippen molar-refractivity contribution in [3.63, 3.8) is 0 Å². The van der Waals surface area contributed by atoms with Gasteiger partial charge in [-0.05, 0) is 0 Å². The third-order valence-corrected chi connectivity index (χ3v) is 6.84. The van der Waals surface area contributed by atoms with Crippen LogP contribution < -0.4 is 0 Å². The summed E-state index contributed by atoms with van der Waals surface area (Å²) < 4.78 is 76.4. The van der Waals surface area contributed by atoms with Crippen LogP contribution in [0.5, 0.6) is 0 Å². The zero-order valence-electron chi connectivity index (χ0n) is 8.48. The highest BCUT2D eigenvalue weighted by Gasteiger charge is 2.43. The van der Waals surface area contributed by atoms with Crippen molar-refractivity contribution in [2.24, 2.45) is 0 Å². The lowest BCUT2D eigenvalue weighted by Gasteiger charge is -2.08. The Morgan fingerprint density at radius 3 is 0.938 bits per heavy atom. The van der Waals surface area contributed by atoms with E-state index in [1.165, 1.54) is 0 Å². The minimum Gasteiger partial charge on any atom is -0.342 e. The molecule has 0 aliphatic carbocycles. The van der Waals surface area contributed by atoms with Gasteiger partial charge in [-0.25, -0.2) is 25.3 Å². The lowest BCUT2D eigenvalue weighted by molar-refractivity contribution is 0.316. The molecule has 13 heteroatoms. The summed E-state index contributed by atoms with van der Waals surface area (Å²) in [7, 11) is -12.3. The molecule has 0 fully saturated rings. The Morgan fingerprint density at radius 2 is 0.812 bits per heavy atom. The molecule has 0 atom stereocenters. The van der Waals surface area contributed by atoms with Gasteiger partial charge in [0.05, 0.1) is 18.8 Å². The number of rotatable bonds is 6. The molecule has 96 valence electrons. The van der Waals surface area contributed by atoms with Crippen LogP contribution in [0.4, 0.5) is 0 Å². The summed E-state index contributed by atoms with van der Waals surface area (Å²) in [5, 5.41) is 0. The third-order valence-electron chi connectivity index (χ3n) is 0.760. The molecule has 0 bridgehead atoms. The molecule has 0 spiro atoms. The fourth-order valence-corrected chi connectivity index (χ4v) is 5.15. The fraction of sp³-hybridized carbons (Fsp3) is 1.00. The zero-order chi connectivity index (χ0) is 13.2. The predicted octanol–water partition coefficient (Wildman–Crippen LogP) is -2.10. The molecule has 0 saturated heterocycles. The number of hydrogen-bond donors (Lipinski definition) is 0. The van der Waals surface area contributed by atoms with Gasteiger partial charge >= 0.3 is 15.1 Å². The molecule has 9 nitrogen and oxygen atoms in total. The predicted molar refractivity (Wildman–Crippen MR) is 53.5 cm³/mol. The maximum Gasteiger partial charge on any atom is 0.951 e. The van der Waals surface area contributed by atoms with Crippen molar-refractivity contribution in [1.82, 2.24) is 0 Å². The van der Waals surface area contributed by atoms with E-state index in [4.69, 9.17) is 0 Å². The highest BCUT2D eigenvalue weighted by molar-refractivity contribution is 7.89. The van der Waals surface area contributed by atoms with Crippen LogP contribution in [0, 0.1) is 0 Å². The van der Waals surface area contributed by atoms with Gasteiger partial charge in [0.25, 0.3) is 0 Å². The lowest BCUT2D eigenvalue weighted by Crippen LogP contribution is -2.33. The zero-order valence-corrected chi connectivity index (χ0v) is 12.1. The van der Waals surface area contributed by atoms with Gasteiger partial charge in [0.15, 0.2) is 0 Å². The molecular weight excluding hydrogens is 303 g/mol. The highest BCUT2D eigenvalue weighted by Crippen LogP contribution is 2.04. The van der Waals surface area contributed by atoms with E-state index in [1.54, 1.807) is 0 Å². The van der Waals surface area contributed by atoms with Crippen molar-refractivity contribution in [2.45, 2.75) is 0 Å². The Kier molecular flexibility index (Phi) is 5.36. The molecule has 0 aromatic carbocycles. The van der Waals surface area contributed by atoms with Crippen LogP contribution in [0.3, 0.4) is 0 Å². The first-order valence-electron chi connectivity index (χ1n) is 3.43. The van der Waals surface area contributed by atoms with Gasteiger partial charge in [-0.3, -0.25) is 0 Å². The maximum absolute atomic E-state index is 10.7. The van der Waals surface area contributed by atoms with Crippen molar-refractivity contribution < 1.29 is 35.0 Å². The summed E-state index contributed by atoms with van der Waals surface area (Å²) in [4.78, 5) is 0. The summed E-state index contributed by atoms with van der Waals surface area (Å²) in [5.74, 6) is 0. The van der Waals surface area contributed by atoms with E-state index in [1.807, 2.05) is 0 Å². The Balaban J connectivity index is 4.93. The first-order valence-corrected chi connectivity index (χ1v) is 10.3. The molecule has 0 rings (SSSR count). The smallest absolute Gasteiger partial charge is 0.342 e. The van der Waals surface area contributed by atoms with Crippen LogP contribution in [0.15, 0.2) is 0 Å². The molecule has 0 aromatic rings. The highest BCUT2D eigenvalue weighted by atomic mass is 32.2. The van der Waals surface area contributed by atoms with E-state index in [2.05, 4.69) is 9.70 Å². The monoisotopic (exact) mass is 312 g/mol. The second-order valence-electron chi connectivity index (χ2n) is 2.69. The van der Waals surface area contributed by atoms with E-state index < -0.39 is 45.5 Å². The normalized spacial score (nSPS) is 13.7. The molecule has 0 radical (unpaired) electrons. The average molecular weight is 312 g/mol. The van der Waals surface area contributed by atoms with Crippen LogP contribution in [-0.4, -0.2) is 59.2 Å². The molecule has 0 unspecified atom stereocenters. The van der Waals surface area contributed by atoms with Crippen molar-refractivity contribution >= 4 is 45.5 Å². The van der Waals surface area contributed by atoms with Crippen molar-refractivity contribution in [3.8, 4) is 0 Å². The van der Waals surface area contributed by atoms with Crippen LogP contribution in [0.2, 0.25) is 0 Å². The molecule has 0 N–H and O–H groups in total. The van der Waals surface area contributed by atoms with E-state index >= 15 is 0 Å². The molecule has 0 aromatic heterocycles. The summed E-state index contributed by atoms with van der Waals surface area (Å²) in [5.41, 5.74) is 0. The Morgan fingerprint density at radius 1 is 0.625 bits per heavy atom. The van der Waals surface area contributed by atoms with Crippen LogP contribution in [-0.2, 0) is 40.1 Å². The summed E-state index contributed by atoms with van der Waals surface area (Å²) in [6.45, 7) is 0. The van der Waals surface area contributed by atoms with E-state index in [9.17, 15) is 25.3 Å². The Labute approximate surface area is 99.1 Å². The van der Waals surface area contributed by atoms with E-state index in [0.717, 1.165) is 0 Å².